The minimum absolute atomic E-state index is 0.0148. The van der Waals surface area contributed by atoms with Crippen LogP contribution in [0.1, 0.15) is 12.8 Å². The lowest BCUT2D eigenvalue weighted by molar-refractivity contribution is 0.0827. The Hall–Kier alpha value is -1.31. The first-order chi connectivity index (χ1) is 9.99. The second kappa shape index (κ2) is 5.47. The van der Waals surface area contributed by atoms with E-state index in [9.17, 15) is 8.42 Å². The first kappa shape index (κ1) is 14.6. The van der Waals surface area contributed by atoms with Crippen LogP contribution in [0.15, 0.2) is 23.1 Å². The number of hydrogen-bond acceptors (Lipinski definition) is 5. The fraction of sp³-hybridized carbons (Fsp3) is 0.571. The maximum atomic E-state index is 12.5. The predicted octanol–water partition coefficient (Wildman–Crippen LogP) is 0.650. The zero-order valence-electron chi connectivity index (χ0n) is 12.1. The second-order valence-electron chi connectivity index (χ2n) is 5.77. The maximum absolute atomic E-state index is 12.5. The van der Waals surface area contributed by atoms with Crippen molar-refractivity contribution in [1.29, 1.82) is 0 Å². The summed E-state index contributed by atoms with van der Waals surface area (Å²) in [5, 5.41) is 0. The number of methoxy groups -OCH3 is 1. The topological polar surface area (TPSA) is 84.7 Å². The molecule has 1 aromatic carbocycles. The molecule has 3 aliphatic rings. The summed E-state index contributed by atoms with van der Waals surface area (Å²) in [6.07, 6.45) is 2.12. The predicted molar refractivity (Wildman–Crippen MR) is 80.7 cm³/mol. The average Bonchev–Trinajstić information content (AvgIpc) is 2.47. The van der Waals surface area contributed by atoms with Crippen molar-refractivity contribution in [3.63, 3.8) is 0 Å². The lowest BCUT2D eigenvalue weighted by Gasteiger charge is -2.44. The summed E-state index contributed by atoms with van der Waals surface area (Å²) in [6, 6.07) is 4.63. The number of nitrogens with one attached hydrogen (secondary N) is 1. The molecular weight excluding hydrogens is 290 g/mol. The van der Waals surface area contributed by atoms with Gasteiger partial charge >= 0.3 is 0 Å². The molecule has 7 heteroatoms. The van der Waals surface area contributed by atoms with Crippen LogP contribution < -0.4 is 15.2 Å². The van der Waals surface area contributed by atoms with Crippen LogP contribution in [0.25, 0.3) is 0 Å². The summed E-state index contributed by atoms with van der Waals surface area (Å²) in [7, 11) is -2.07. The van der Waals surface area contributed by atoms with Gasteiger partial charge in [-0.15, -0.1) is 0 Å². The number of sulfonamides is 1. The fourth-order valence-corrected chi connectivity index (χ4v) is 4.67. The number of fused-ring (bicyclic) bond motifs is 3. The first-order valence-electron chi connectivity index (χ1n) is 7.18. The van der Waals surface area contributed by atoms with Crippen molar-refractivity contribution >= 4 is 15.7 Å². The summed E-state index contributed by atoms with van der Waals surface area (Å²) in [6.45, 7) is 2.95. The number of anilines is 1. The molecule has 3 saturated heterocycles. The van der Waals surface area contributed by atoms with Crippen LogP contribution in [0.3, 0.4) is 0 Å². The molecule has 3 heterocycles. The number of nitrogen functional groups attached to an aromatic ring is 1. The summed E-state index contributed by atoms with van der Waals surface area (Å²) in [4.78, 5) is 2.43. The van der Waals surface area contributed by atoms with Crippen LogP contribution in [-0.2, 0) is 10.0 Å². The second-order valence-corrected chi connectivity index (χ2v) is 7.45. The Labute approximate surface area is 125 Å². The zero-order chi connectivity index (χ0) is 15.0. The van der Waals surface area contributed by atoms with Crippen molar-refractivity contribution in [2.24, 2.45) is 5.92 Å². The molecular formula is C14H21N3O3S. The van der Waals surface area contributed by atoms with E-state index in [1.165, 1.54) is 19.2 Å². The van der Waals surface area contributed by atoms with Crippen molar-refractivity contribution in [1.82, 2.24) is 9.62 Å². The maximum Gasteiger partial charge on any atom is 0.242 e. The summed E-state index contributed by atoms with van der Waals surface area (Å²) >= 11 is 0. The lowest BCUT2D eigenvalue weighted by atomic mass is 9.85. The van der Waals surface area contributed by atoms with Crippen molar-refractivity contribution in [2.75, 3.05) is 32.5 Å². The Morgan fingerprint density at radius 3 is 2.57 bits per heavy atom. The molecule has 3 fully saturated rings. The zero-order valence-corrected chi connectivity index (χ0v) is 12.9. The Morgan fingerprint density at radius 2 is 2.05 bits per heavy atom. The molecule has 0 saturated carbocycles. The van der Waals surface area contributed by atoms with Gasteiger partial charge in [0.1, 0.15) is 10.6 Å². The number of nitrogens with zero attached hydrogens (tertiary/aromatic N) is 1. The standard InChI is InChI=1S/C14H21N3O3S/c1-20-11-2-3-14(12(15)8-11)21(18,19)16-13-9-17-6-4-10(13)5-7-17/h2-3,8,10,13,16H,4-7,9,15H2,1H3. The molecule has 1 unspecified atom stereocenters. The van der Waals surface area contributed by atoms with Gasteiger partial charge in [0.15, 0.2) is 0 Å². The average molecular weight is 311 g/mol. The molecule has 1 aromatic rings. The van der Waals surface area contributed by atoms with Gasteiger partial charge in [-0.3, -0.25) is 0 Å². The minimum Gasteiger partial charge on any atom is -0.497 e. The van der Waals surface area contributed by atoms with Crippen LogP contribution in [0.5, 0.6) is 5.75 Å². The van der Waals surface area contributed by atoms with Gasteiger partial charge in [-0.25, -0.2) is 13.1 Å². The van der Waals surface area contributed by atoms with Crippen LogP contribution in [0, 0.1) is 5.92 Å². The largest absolute Gasteiger partial charge is 0.497 e. The molecule has 6 nitrogen and oxygen atoms in total. The van der Waals surface area contributed by atoms with Crippen molar-refractivity contribution in [3.05, 3.63) is 18.2 Å². The van der Waals surface area contributed by atoms with E-state index < -0.39 is 10.0 Å². The highest BCUT2D eigenvalue weighted by Gasteiger charge is 2.36. The van der Waals surface area contributed by atoms with E-state index in [-0.39, 0.29) is 16.6 Å². The highest BCUT2D eigenvalue weighted by atomic mass is 32.2. The van der Waals surface area contributed by atoms with Crippen molar-refractivity contribution in [3.8, 4) is 5.75 Å². The monoisotopic (exact) mass is 311 g/mol. The molecule has 4 rings (SSSR count). The Morgan fingerprint density at radius 1 is 1.33 bits per heavy atom. The molecule has 0 aromatic heterocycles. The fourth-order valence-electron chi connectivity index (χ4n) is 3.26. The van der Waals surface area contributed by atoms with Gasteiger partial charge in [-0.1, -0.05) is 0 Å². The third kappa shape index (κ3) is 2.86. The molecule has 0 spiro atoms. The summed E-state index contributed by atoms with van der Waals surface area (Å²) in [5.41, 5.74) is 6.07. The summed E-state index contributed by atoms with van der Waals surface area (Å²) in [5.74, 6) is 0.985. The molecule has 0 amide bonds. The Kier molecular flexibility index (Phi) is 3.81. The molecule has 2 bridgehead atoms. The van der Waals surface area contributed by atoms with E-state index in [2.05, 4.69) is 9.62 Å². The van der Waals surface area contributed by atoms with Gasteiger partial charge in [-0.2, -0.15) is 0 Å². The highest BCUT2D eigenvalue weighted by molar-refractivity contribution is 7.89. The van der Waals surface area contributed by atoms with Gasteiger partial charge in [-0.05, 0) is 44.0 Å². The van der Waals surface area contributed by atoms with Crippen LogP contribution in [-0.4, -0.2) is 46.1 Å². The smallest absolute Gasteiger partial charge is 0.242 e. The van der Waals surface area contributed by atoms with E-state index in [4.69, 9.17) is 10.5 Å². The number of rotatable bonds is 4. The van der Waals surface area contributed by atoms with Crippen LogP contribution in [0.4, 0.5) is 5.69 Å². The number of piperidine rings is 3. The quantitative estimate of drug-likeness (QED) is 0.798. The number of ether oxygens (including phenoxy) is 1. The van der Waals surface area contributed by atoms with E-state index >= 15 is 0 Å². The lowest BCUT2D eigenvalue weighted by Crippen LogP contribution is -2.57. The number of nitrogens with two attached hydrogens (primary N) is 1. The van der Waals surface area contributed by atoms with E-state index in [0.29, 0.717) is 11.7 Å². The Bertz CT molecular complexity index is 624. The molecule has 116 valence electrons. The van der Waals surface area contributed by atoms with Crippen LogP contribution in [0.2, 0.25) is 0 Å². The SMILES string of the molecule is COc1ccc(S(=O)(=O)NC2CN3CCC2CC3)c(N)c1. The van der Waals surface area contributed by atoms with Crippen molar-refractivity contribution < 1.29 is 13.2 Å². The molecule has 0 aliphatic carbocycles. The van der Waals surface area contributed by atoms with Gasteiger partial charge in [0.05, 0.1) is 12.8 Å². The number of benzene rings is 1. The van der Waals surface area contributed by atoms with Crippen molar-refractivity contribution in [2.45, 2.75) is 23.8 Å². The third-order valence-corrected chi connectivity index (χ3v) is 6.03. The molecule has 0 radical (unpaired) electrons. The van der Waals surface area contributed by atoms with E-state index in [1.807, 2.05) is 0 Å². The van der Waals surface area contributed by atoms with Gasteiger partial charge in [0.2, 0.25) is 10.0 Å². The summed E-state index contributed by atoms with van der Waals surface area (Å²) < 4.78 is 33.0. The third-order valence-electron chi connectivity index (χ3n) is 4.47. The number of hydrogen-bond donors (Lipinski definition) is 2. The first-order valence-corrected chi connectivity index (χ1v) is 8.66. The van der Waals surface area contributed by atoms with Gasteiger partial charge in [0, 0.05) is 18.7 Å². The minimum atomic E-state index is -3.60. The molecule has 3 N–H and O–H groups in total. The molecule has 3 aliphatic heterocycles. The highest BCUT2D eigenvalue weighted by Crippen LogP contribution is 2.30. The normalized spacial score (nSPS) is 28.5. The van der Waals surface area contributed by atoms with E-state index in [0.717, 1.165) is 32.5 Å². The van der Waals surface area contributed by atoms with Crippen LogP contribution >= 0.6 is 0 Å². The Balaban J connectivity index is 1.81. The van der Waals surface area contributed by atoms with Gasteiger partial charge < -0.3 is 15.4 Å². The van der Waals surface area contributed by atoms with E-state index in [1.54, 1.807) is 6.07 Å². The molecule has 21 heavy (non-hydrogen) atoms. The van der Waals surface area contributed by atoms with Gasteiger partial charge in [0.25, 0.3) is 0 Å². The molecule has 1 atom stereocenters.